The molecule has 6 nitrogen and oxygen atoms in total. The van der Waals surface area contributed by atoms with Gasteiger partial charge in [0.05, 0.1) is 16.6 Å². The minimum Gasteiger partial charge on any atom is -0.484 e. The van der Waals surface area contributed by atoms with Crippen molar-refractivity contribution < 1.29 is 27.9 Å². The van der Waals surface area contributed by atoms with E-state index in [2.05, 4.69) is 17.2 Å². The molecule has 0 saturated heterocycles. The summed E-state index contributed by atoms with van der Waals surface area (Å²) in [6, 6.07) is 7.10. The van der Waals surface area contributed by atoms with Crippen molar-refractivity contribution in [2.45, 2.75) is 25.3 Å². The van der Waals surface area contributed by atoms with Gasteiger partial charge in [0, 0.05) is 24.1 Å². The molecule has 0 aliphatic rings. The van der Waals surface area contributed by atoms with Crippen molar-refractivity contribution in [2.75, 3.05) is 13.2 Å². The van der Waals surface area contributed by atoms with Crippen LogP contribution in [-0.4, -0.2) is 36.8 Å². The normalized spacial score (nSPS) is 11.4. The first-order valence-corrected chi connectivity index (χ1v) is 10.7. The highest BCUT2D eigenvalue weighted by Crippen LogP contribution is 2.20. The molecule has 2 aromatic carbocycles. The van der Waals surface area contributed by atoms with Crippen LogP contribution in [0.25, 0.3) is 0 Å². The lowest BCUT2D eigenvalue weighted by molar-refractivity contribution is -0.123. The SMILES string of the molecule is C=CC(CCCC(=O)NCC(=O)c1ccc(Cl)c(F)c1)NC(=O)COc1ccc(Cl)c(F)c1. The number of halogens is 4. The first-order valence-electron chi connectivity index (χ1n) is 9.94. The van der Waals surface area contributed by atoms with Gasteiger partial charge in [-0.3, -0.25) is 14.4 Å². The second-order valence-electron chi connectivity index (χ2n) is 7.00. The average molecular weight is 499 g/mol. The van der Waals surface area contributed by atoms with Crippen molar-refractivity contribution >= 4 is 40.8 Å². The highest BCUT2D eigenvalue weighted by Gasteiger charge is 2.13. The lowest BCUT2D eigenvalue weighted by atomic mass is 10.1. The molecule has 2 N–H and O–H groups in total. The van der Waals surface area contributed by atoms with Gasteiger partial charge in [-0.05, 0) is 43.2 Å². The Bertz CT molecular complexity index is 1030. The predicted molar refractivity (Wildman–Crippen MR) is 122 cm³/mol. The fourth-order valence-corrected chi connectivity index (χ4v) is 2.97. The van der Waals surface area contributed by atoms with Gasteiger partial charge in [-0.1, -0.05) is 29.3 Å². The fourth-order valence-electron chi connectivity index (χ4n) is 2.73. The molecule has 0 aliphatic carbocycles. The molecular formula is C23H22Cl2F2N2O4. The van der Waals surface area contributed by atoms with Crippen LogP contribution in [-0.2, 0) is 9.59 Å². The molecule has 2 aromatic rings. The average Bonchev–Trinajstić information content (AvgIpc) is 2.79. The van der Waals surface area contributed by atoms with Gasteiger partial charge in [0.2, 0.25) is 5.91 Å². The quantitative estimate of drug-likeness (QED) is 0.333. The highest BCUT2D eigenvalue weighted by molar-refractivity contribution is 6.31. The van der Waals surface area contributed by atoms with E-state index in [1.807, 2.05) is 0 Å². The summed E-state index contributed by atoms with van der Waals surface area (Å²) < 4.78 is 32.0. The Balaban J connectivity index is 1.68. The summed E-state index contributed by atoms with van der Waals surface area (Å²) in [4.78, 5) is 36.0. The lowest BCUT2D eigenvalue weighted by Crippen LogP contribution is -2.37. The van der Waals surface area contributed by atoms with Gasteiger partial charge in [-0.15, -0.1) is 6.58 Å². The Morgan fingerprint density at radius 1 is 1.03 bits per heavy atom. The Morgan fingerprint density at radius 2 is 1.70 bits per heavy atom. The smallest absolute Gasteiger partial charge is 0.258 e. The summed E-state index contributed by atoms with van der Waals surface area (Å²) in [6.45, 7) is 3.05. The van der Waals surface area contributed by atoms with Gasteiger partial charge in [0.1, 0.15) is 17.4 Å². The first kappa shape index (κ1) is 26.3. The summed E-state index contributed by atoms with van der Waals surface area (Å²) >= 11 is 11.2. The van der Waals surface area contributed by atoms with E-state index in [1.54, 1.807) is 0 Å². The number of amides is 2. The zero-order valence-electron chi connectivity index (χ0n) is 17.5. The molecule has 1 unspecified atom stereocenters. The molecule has 1 atom stereocenters. The molecule has 176 valence electrons. The first-order chi connectivity index (χ1) is 15.7. The second-order valence-corrected chi connectivity index (χ2v) is 7.81. The van der Waals surface area contributed by atoms with Crippen molar-refractivity contribution in [1.29, 1.82) is 0 Å². The summed E-state index contributed by atoms with van der Waals surface area (Å²) in [5.74, 6) is -2.46. The number of ether oxygens (including phenoxy) is 1. The number of rotatable bonds is 12. The maximum atomic E-state index is 13.4. The van der Waals surface area contributed by atoms with Crippen LogP contribution in [0.15, 0.2) is 49.1 Å². The number of Topliss-reactive ketones (excluding diaryl/α,β-unsaturated/α-hetero) is 1. The number of hydrogen-bond acceptors (Lipinski definition) is 4. The van der Waals surface area contributed by atoms with Crippen LogP contribution in [0.5, 0.6) is 5.75 Å². The van der Waals surface area contributed by atoms with Crippen molar-refractivity contribution in [2.24, 2.45) is 0 Å². The summed E-state index contributed by atoms with van der Waals surface area (Å²) in [6.07, 6.45) is 2.48. The van der Waals surface area contributed by atoms with E-state index < -0.39 is 29.4 Å². The Morgan fingerprint density at radius 3 is 2.33 bits per heavy atom. The van der Waals surface area contributed by atoms with Gasteiger partial charge in [0.25, 0.3) is 5.91 Å². The number of carbonyl (C=O) groups excluding carboxylic acids is 3. The minimum atomic E-state index is -0.711. The molecule has 0 aliphatic heterocycles. The van der Waals surface area contributed by atoms with E-state index in [4.69, 9.17) is 27.9 Å². The van der Waals surface area contributed by atoms with Crippen molar-refractivity contribution in [1.82, 2.24) is 10.6 Å². The van der Waals surface area contributed by atoms with Crippen LogP contribution >= 0.6 is 23.2 Å². The molecule has 0 radical (unpaired) electrons. The third kappa shape index (κ3) is 8.82. The number of hydrogen-bond donors (Lipinski definition) is 2. The number of nitrogens with one attached hydrogen (secondary N) is 2. The number of benzene rings is 2. The Hall–Kier alpha value is -2.97. The van der Waals surface area contributed by atoms with Crippen molar-refractivity contribution in [3.63, 3.8) is 0 Å². The van der Waals surface area contributed by atoms with E-state index in [-0.39, 0.29) is 46.8 Å². The van der Waals surface area contributed by atoms with Crippen LogP contribution < -0.4 is 15.4 Å². The van der Waals surface area contributed by atoms with Gasteiger partial charge in [-0.25, -0.2) is 8.78 Å². The lowest BCUT2D eigenvalue weighted by Gasteiger charge is -2.15. The summed E-state index contributed by atoms with van der Waals surface area (Å²) in [5, 5.41) is 5.02. The molecule has 0 fully saturated rings. The monoisotopic (exact) mass is 498 g/mol. The largest absolute Gasteiger partial charge is 0.484 e. The molecule has 0 bridgehead atoms. The maximum Gasteiger partial charge on any atom is 0.258 e. The van der Waals surface area contributed by atoms with Gasteiger partial charge >= 0.3 is 0 Å². The van der Waals surface area contributed by atoms with Crippen LogP contribution in [0.1, 0.15) is 29.6 Å². The fraction of sp³-hybridized carbons (Fsp3) is 0.261. The highest BCUT2D eigenvalue weighted by atomic mass is 35.5. The molecule has 0 saturated carbocycles. The Labute approximate surface area is 199 Å². The topological polar surface area (TPSA) is 84.5 Å². The molecule has 0 heterocycles. The van der Waals surface area contributed by atoms with E-state index in [1.165, 1.54) is 30.3 Å². The molecule has 10 heteroatoms. The van der Waals surface area contributed by atoms with Gasteiger partial charge in [0.15, 0.2) is 12.4 Å². The van der Waals surface area contributed by atoms with Crippen LogP contribution in [0.4, 0.5) is 8.78 Å². The molecule has 2 amide bonds. The van der Waals surface area contributed by atoms with Crippen LogP contribution in [0.2, 0.25) is 10.0 Å². The van der Waals surface area contributed by atoms with E-state index in [0.29, 0.717) is 12.8 Å². The molecule has 33 heavy (non-hydrogen) atoms. The van der Waals surface area contributed by atoms with Crippen molar-refractivity contribution in [3.8, 4) is 5.75 Å². The van der Waals surface area contributed by atoms with E-state index in [0.717, 1.165) is 12.1 Å². The zero-order chi connectivity index (χ0) is 24.4. The third-order valence-electron chi connectivity index (χ3n) is 4.50. The number of carbonyl (C=O) groups is 3. The molecule has 2 rings (SSSR count). The van der Waals surface area contributed by atoms with Crippen LogP contribution in [0.3, 0.4) is 0 Å². The van der Waals surface area contributed by atoms with E-state index >= 15 is 0 Å². The molecule has 0 aromatic heterocycles. The Kier molecular flexibility index (Phi) is 10.3. The van der Waals surface area contributed by atoms with Gasteiger partial charge < -0.3 is 15.4 Å². The minimum absolute atomic E-state index is 0.0502. The summed E-state index contributed by atoms with van der Waals surface area (Å²) in [7, 11) is 0. The predicted octanol–water partition coefficient (Wildman–Crippen LogP) is 4.49. The standard InChI is InChI=1S/C23H22Cl2F2N2O4/c1-2-15(29-23(32)13-33-16-7-9-18(25)20(27)11-16)4-3-5-22(31)28-12-21(30)14-6-8-17(24)19(26)10-14/h2,6-11,15H,1,3-5,12-13H2,(H,28,31)(H,29,32). The van der Waals surface area contributed by atoms with Crippen LogP contribution in [0, 0.1) is 11.6 Å². The third-order valence-corrected chi connectivity index (χ3v) is 5.11. The van der Waals surface area contributed by atoms with Crippen molar-refractivity contribution in [3.05, 3.63) is 76.3 Å². The maximum absolute atomic E-state index is 13.4. The molecular weight excluding hydrogens is 477 g/mol. The number of ketones is 1. The summed E-state index contributed by atoms with van der Waals surface area (Å²) in [5.41, 5.74) is 0.107. The van der Waals surface area contributed by atoms with Gasteiger partial charge in [-0.2, -0.15) is 0 Å². The molecule has 0 spiro atoms. The zero-order valence-corrected chi connectivity index (χ0v) is 19.0. The second kappa shape index (κ2) is 12.9. The van der Waals surface area contributed by atoms with E-state index in [9.17, 15) is 23.2 Å².